The molecule has 1 aliphatic carbocycles. The molecule has 88 valence electrons. The average molecular weight is 298 g/mol. The van der Waals surface area contributed by atoms with Crippen LogP contribution in [0.4, 0.5) is 0 Å². The van der Waals surface area contributed by atoms with Crippen LogP contribution in [0.25, 0.3) is 11.1 Å². The summed E-state index contributed by atoms with van der Waals surface area (Å²) in [5.74, 6) is 0. The van der Waals surface area contributed by atoms with Crippen molar-refractivity contribution < 1.29 is 0 Å². The van der Waals surface area contributed by atoms with Gasteiger partial charge >= 0.3 is 0 Å². The number of nitriles is 1. The van der Waals surface area contributed by atoms with E-state index in [2.05, 4.69) is 60.1 Å². The van der Waals surface area contributed by atoms with Crippen LogP contribution in [0.3, 0.4) is 0 Å². The molecule has 0 radical (unpaired) electrons. The van der Waals surface area contributed by atoms with Crippen molar-refractivity contribution in [3.63, 3.8) is 0 Å². The van der Waals surface area contributed by atoms with Gasteiger partial charge in [0.05, 0.1) is 11.6 Å². The van der Waals surface area contributed by atoms with Crippen molar-refractivity contribution in [3.8, 4) is 17.2 Å². The van der Waals surface area contributed by atoms with Crippen molar-refractivity contribution in [1.82, 2.24) is 0 Å². The third-order valence-electron chi connectivity index (χ3n) is 3.77. The summed E-state index contributed by atoms with van der Waals surface area (Å²) < 4.78 is 1.10. The summed E-state index contributed by atoms with van der Waals surface area (Å²) in [4.78, 5) is 0. The third-order valence-corrected chi connectivity index (χ3v) is 4.26. The molecule has 0 saturated heterocycles. The molecule has 18 heavy (non-hydrogen) atoms. The standard InChI is InChI=1S/C16H12BrN/c1-16(2)14-7-10(9-18)3-5-12(14)13-6-4-11(17)8-15(13)16/h3-8H,1-2H3. The van der Waals surface area contributed by atoms with Gasteiger partial charge in [0.15, 0.2) is 0 Å². The second kappa shape index (κ2) is 3.70. The molecule has 0 saturated carbocycles. The first-order valence-corrected chi connectivity index (χ1v) is 6.68. The topological polar surface area (TPSA) is 23.8 Å². The van der Waals surface area contributed by atoms with Crippen molar-refractivity contribution in [3.05, 3.63) is 57.6 Å². The zero-order valence-electron chi connectivity index (χ0n) is 10.3. The molecule has 0 fully saturated rings. The normalized spacial score (nSPS) is 14.8. The Morgan fingerprint density at radius 2 is 1.61 bits per heavy atom. The summed E-state index contributed by atoms with van der Waals surface area (Å²) in [6, 6.07) is 14.6. The molecule has 0 spiro atoms. The lowest BCUT2D eigenvalue weighted by Gasteiger charge is -2.21. The number of halogens is 1. The summed E-state index contributed by atoms with van der Waals surface area (Å²) in [6.45, 7) is 4.43. The van der Waals surface area contributed by atoms with E-state index in [9.17, 15) is 0 Å². The molecule has 3 rings (SSSR count). The van der Waals surface area contributed by atoms with Crippen molar-refractivity contribution >= 4 is 15.9 Å². The Hall–Kier alpha value is -1.59. The zero-order chi connectivity index (χ0) is 12.9. The van der Waals surface area contributed by atoms with E-state index in [1.165, 1.54) is 22.3 Å². The van der Waals surface area contributed by atoms with Gasteiger partial charge < -0.3 is 0 Å². The van der Waals surface area contributed by atoms with Gasteiger partial charge in [-0.3, -0.25) is 0 Å². The van der Waals surface area contributed by atoms with Crippen LogP contribution in [0.5, 0.6) is 0 Å². The minimum absolute atomic E-state index is 0.0404. The molecule has 1 aliphatic rings. The van der Waals surface area contributed by atoms with E-state index in [0.717, 1.165) is 10.0 Å². The fourth-order valence-electron chi connectivity index (χ4n) is 2.78. The Balaban J connectivity index is 2.35. The highest BCUT2D eigenvalue weighted by Gasteiger charge is 2.35. The monoisotopic (exact) mass is 297 g/mol. The highest BCUT2D eigenvalue weighted by molar-refractivity contribution is 9.10. The molecule has 0 bridgehead atoms. The molecule has 0 atom stereocenters. The van der Waals surface area contributed by atoms with E-state index >= 15 is 0 Å². The van der Waals surface area contributed by atoms with E-state index in [0.29, 0.717) is 0 Å². The first-order valence-electron chi connectivity index (χ1n) is 5.89. The van der Waals surface area contributed by atoms with Crippen LogP contribution in [0.2, 0.25) is 0 Å². The van der Waals surface area contributed by atoms with E-state index in [1.807, 2.05) is 12.1 Å². The quantitative estimate of drug-likeness (QED) is 0.696. The average Bonchev–Trinajstić information content (AvgIpc) is 2.58. The molecule has 0 aliphatic heterocycles. The van der Waals surface area contributed by atoms with Crippen LogP contribution < -0.4 is 0 Å². The Morgan fingerprint density at radius 3 is 2.28 bits per heavy atom. The smallest absolute Gasteiger partial charge is 0.0991 e. The number of nitrogens with zero attached hydrogens (tertiary/aromatic N) is 1. The number of hydrogen-bond acceptors (Lipinski definition) is 1. The molecular formula is C16H12BrN. The fourth-order valence-corrected chi connectivity index (χ4v) is 3.14. The first-order chi connectivity index (χ1) is 8.54. The van der Waals surface area contributed by atoms with Crippen LogP contribution in [-0.2, 0) is 5.41 Å². The lowest BCUT2D eigenvalue weighted by atomic mass is 9.82. The molecule has 2 heteroatoms. The first kappa shape index (κ1) is 11.5. The number of hydrogen-bond donors (Lipinski definition) is 0. The molecule has 0 heterocycles. The largest absolute Gasteiger partial charge is 0.192 e. The van der Waals surface area contributed by atoms with Crippen LogP contribution in [0.1, 0.15) is 30.5 Å². The van der Waals surface area contributed by atoms with Gasteiger partial charge in [-0.15, -0.1) is 0 Å². The summed E-state index contributed by atoms with van der Waals surface area (Å²) in [6.07, 6.45) is 0. The van der Waals surface area contributed by atoms with Gasteiger partial charge in [0.25, 0.3) is 0 Å². The maximum Gasteiger partial charge on any atom is 0.0991 e. The van der Waals surface area contributed by atoms with Crippen molar-refractivity contribution in [2.24, 2.45) is 0 Å². The molecule has 0 N–H and O–H groups in total. The lowest BCUT2D eigenvalue weighted by molar-refractivity contribution is 0.659. The third kappa shape index (κ3) is 1.44. The maximum atomic E-state index is 9.04. The SMILES string of the molecule is CC1(C)c2cc(Br)ccc2-c2ccc(C#N)cc21. The predicted molar refractivity (Wildman–Crippen MR) is 76.4 cm³/mol. The van der Waals surface area contributed by atoms with Crippen LogP contribution in [0.15, 0.2) is 40.9 Å². The molecule has 0 amide bonds. The number of fused-ring (bicyclic) bond motifs is 3. The second-order valence-electron chi connectivity index (χ2n) is 5.19. The second-order valence-corrected chi connectivity index (χ2v) is 6.10. The number of rotatable bonds is 0. The van der Waals surface area contributed by atoms with E-state index in [4.69, 9.17) is 5.26 Å². The predicted octanol–water partition coefficient (Wildman–Crippen LogP) is 4.63. The van der Waals surface area contributed by atoms with E-state index < -0.39 is 0 Å². The highest BCUT2D eigenvalue weighted by atomic mass is 79.9. The Bertz CT molecular complexity index is 693. The van der Waals surface area contributed by atoms with Crippen LogP contribution in [0, 0.1) is 11.3 Å². The summed E-state index contributed by atoms with van der Waals surface area (Å²) in [5.41, 5.74) is 5.79. The minimum atomic E-state index is -0.0404. The van der Waals surface area contributed by atoms with E-state index in [-0.39, 0.29) is 5.41 Å². The van der Waals surface area contributed by atoms with Crippen LogP contribution in [-0.4, -0.2) is 0 Å². The Kier molecular flexibility index (Phi) is 2.36. The molecule has 1 nitrogen and oxygen atoms in total. The van der Waals surface area contributed by atoms with Crippen molar-refractivity contribution in [2.75, 3.05) is 0 Å². The van der Waals surface area contributed by atoms with Gasteiger partial charge in [0, 0.05) is 9.89 Å². The maximum absolute atomic E-state index is 9.04. The Labute approximate surface area is 115 Å². The zero-order valence-corrected chi connectivity index (χ0v) is 11.9. The van der Waals surface area contributed by atoms with Gasteiger partial charge in [0.2, 0.25) is 0 Å². The lowest BCUT2D eigenvalue weighted by Crippen LogP contribution is -2.15. The fraction of sp³-hybridized carbons (Fsp3) is 0.188. The summed E-state index contributed by atoms with van der Waals surface area (Å²) >= 11 is 3.54. The van der Waals surface area contributed by atoms with Crippen LogP contribution >= 0.6 is 15.9 Å². The van der Waals surface area contributed by atoms with E-state index in [1.54, 1.807) is 0 Å². The summed E-state index contributed by atoms with van der Waals surface area (Å²) in [7, 11) is 0. The minimum Gasteiger partial charge on any atom is -0.192 e. The molecular weight excluding hydrogens is 286 g/mol. The van der Waals surface area contributed by atoms with Gasteiger partial charge in [-0.1, -0.05) is 41.9 Å². The molecule has 0 aromatic heterocycles. The van der Waals surface area contributed by atoms with Gasteiger partial charge in [-0.05, 0) is 46.5 Å². The molecule has 2 aromatic rings. The Morgan fingerprint density at radius 1 is 1.00 bits per heavy atom. The molecule has 0 unspecified atom stereocenters. The van der Waals surface area contributed by atoms with Crippen molar-refractivity contribution in [2.45, 2.75) is 19.3 Å². The van der Waals surface area contributed by atoms with Crippen molar-refractivity contribution in [1.29, 1.82) is 5.26 Å². The van der Waals surface area contributed by atoms with Gasteiger partial charge in [-0.2, -0.15) is 5.26 Å². The van der Waals surface area contributed by atoms with Gasteiger partial charge in [0.1, 0.15) is 0 Å². The number of benzene rings is 2. The summed E-state index contributed by atoms with van der Waals surface area (Å²) in [5, 5.41) is 9.04. The van der Waals surface area contributed by atoms with Gasteiger partial charge in [-0.25, -0.2) is 0 Å². The highest BCUT2D eigenvalue weighted by Crippen LogP contribution is 2.49. The molecule has 2 aromatic carbocycles.